The summed E-state index contributed by atoms with van der Waals surface area (Å²) in [6.07, 6.45) is 5.10. The Morgan fingerprint density at radius 2 is 1.81 bits per heavy atom. The van der Waals surface area contributed by atoms with Gasteiger partial charge in [0.05, 0.1) is 15.6 Å². The van der Waals surface area contributed by atoms with Crippen molar-refractivity contribution in [2.75, 3.05) is 0 Å². The highest BCUT2D eigenvalue weighted by molar-refractivity contribution is 6.42. The molecule has 32 heavy (non-hydrogen) atoms. The molecule has 164 valence electrons. The van der Waals surface area contributed by atoms with Crippen LogP contribution in [-0.4, -0.2) is 27.3 Å². The number of aromatic nitrogens is 2. The normalized spacial score (nSPS) is 13.8. The smallest absolute Gasteiger partial charge is 0.255 e. The van der Waals surface area contributed by atoms with E-state index in [1.54, 1.807) is 18.2 Å². The van der Waals surface area contributed by atoms with Crippen LogP contribution in [0.25, 0.3) is 0 Å². The van der Waals surface area contributed by atoms with E-state index >= 15 is 0 Å². The summed E-state index contributed by atoms with van der Waals surface area (Å²) in [5.74, 6) is -1.00. The number of hydrogen-bond acceptors (Lipinski definition) is 5. The van der Waals surface area contributed by atoms with Gasteiger partial charge in [0.15, 0.2) is 11.6 Å². The van der Waals surface area contributed by atoms with Crippen molar-refractivity contribution in [1.82, 2.24) is 20.6 Å². The van der Waals surface area contributed by atoms with Crippen molar-refractivity contribution in [3.63, 3.8) is 0 Å². The second-order valence-electron chi connectivity index (χ2n) is 7.29. The number of carbonyl (C=O) groups excluding carboxylic acids is 2. The van der Waals surface area contributed by atoms with E-state index in [2.05, 4.69) is 20.6 Å². The fourth-order valence-electron chi connectivity index (χ4n) is 3.00. The standard InChI is InChI=1S/C22H17Cl2FN4O3/c23-16-3-2-15(8-17(16)24)32-19-4-1-13(7-18(19)25)9-28-21(31)22(5-6-22)29-20(30)14-10-26-12-27-11-14/h1-4,7-8,10-12H,5-6,9H2,(H,28,31)(H,29,30). The summed E-state index contributed by atoms with van der Waals surface area (Å²) in [4.78, 5) is 32.5. The molecule has 1 fully saturated rings. The molecule has 0 spiro atoms. The third-order valence-electron chi connectivity index (χ3n) is 4.93. The third-order valence-corrected chi connectivity index (χ3v) is 5.67. The summed E-state index contributed by atoms with van der Waals surface area (Å²) in [6.45, 7) is 0.0921. The molecule has 10 heteroatoms. The third kappa shape index (κ3) is 4.98. The van der Waals surface area contributed by atoms with Gasteiger partial charge in [-0.1, -0.05) is 29.3 Å². The molecule has 1 aliphatic carbocycles. The van der Waals surface area contributed by atoms with Crippen molar-refractivity contribution in [1.29, 1.82) is 0 Å². The van der Waals surface area contributed by atoms with E-state index < -0.39 is 17.3 Å². The number of nitrogens with one attached hydrogen (secondary N) is 2. The van der Waals surface area contributed by atoms with Crippen LogP contribution in [0, 0.1) is 5.82 Å². The summed E-state index contributed by atoms with van der Waals surface area (Å²) in [5, 5.41) is 6.14. The average Bonchev–Trinajstić information content (AvgIpc) is 3.57. The van der Waals surface area contributed by atoms with Gasteiger partial charge in [-0.05, 0) is 42.7 Å². The maximum atomic E-state index is 14.5. The molecule has 1 saturated carbocycles. The number of halogens is 3. The summed E-state index contributed by atoms with van der Waals surface area (Å²) in [6, 6.07) is 8.99. The number of carbonyl (C=O) groups is 2. The number of ether oxygens (including phenoxy) is 1. The molecule has 4 rings (SSSR count). The molecule has 1 aromatic heterocycles. The molecule has 3 aromatic rings. The van der Waals surface area contributed by atoms with Crippen molar-refractivity contribution in [2.45, 2.75) is 24.9 Å². The number of hydrogen-bond donors (Lipinski definition) is 2. The number of rotatable bonds is 7. The van der Waals surface area contributed by atoms with Gasteiger partial charge >= 0.3 is 0 Å². The maximum Gasteiger partial charge on any atom is 0.255 e. The molecular formula is C22H17Cl2FN4O3. The van der Waals surface area contributed by atoms with Crippen molar-refractivity contribution in [3.05, 3.63) is 82.1 Å². The summed E-state index contributed by atoms with van der Waals surface area (Å²) in [5.41, 5.74) is -0.162. The predicted molar refractivity (Wildman–Crippen MR) is 116 cm³/mol. The van der Waals surface area contributed by atoms with Crippen LogP contribution < -0.4 is 15.4 Å². The largest absolute Gasteiger partial charge is 0.454 e. The Bertz CT molecular complexity index is 1170. The van der Waals surface area contributed by atoms with Crippen LogP contribution in [0.3, 0.4) is 0 Å². The second kappa shape index (κ2) is 9.10. The zero-order chi connectivity index (χ0) is 22.7. The first-order valence-corrected chi connectivity index (χ1v) is 10.4. The molecule has 2 N–H and O–H groups in total. The molecule has 1 heterocycles. The van der Waals surface area contributed by atoms with Gasteiger partial charge in [-0.3, -0.25) is 9.59 Å². The van der Waals surface area contributed by atoms with Gasteiger partial charge < -0.3 is 15.4 Å². The number of amides is 2. The molecule has 0 aliphatic heterocycles. The summed E-state index contributed by atoms with van der Waals surface area (Å²) >= 11 is 11.8. The van der Waals surface area contributed by atoms with Crippen molar-refractivity contribution in [3.8, 4) is 11.5 Å². The van der Waals surface area contributed by atoms with Crippen LogP contribution in [-0.2, 0) is 11.3 Å². The SMILES string of the molecule is O=C(NC1(C(=O)NCc2ccc(Oc3ccc(Cl)c(Cl)c3)c(F)c2)CC1)c1cncnc1. The van der Waals surface area contributed by atoms with E-state index in [1.807, 2.05) is 0 Å². The number of benzene rings is 2. The van der Waals surface area contributed by atoms with Crippen LogP contribution in [0.4, 0.5) is 4.39 Å². The van der Waals surface area contributed by atoms with Crippen LogP contribution in [0.1, 0.15) is 28.8 Å². The average molecular weight is 475 g/mol. The lowest BCUT2D eigenvalue weighted by atomic mass is 10.1. The Labute approximate surface area is 192 Å². The molecule has 0 bridgehead atoms. The first-order chi connectivity index (χ1) is 15.4. The lowest BCUT2D eigenvalue weighted by Crippen LogP contribution is -2.48. The molecule has 0 radical (unpaired) electrons. The van der Waals surface area contributed by atoms with Crippen molar-refractivity contribution in [2.24, 2.45) is 0 Å². The van der Waals surface area contributed by atoms with Gasteiger partial charge in [-0.15, -0.1) is 0 Å². The molecule has 1 aliphatic rings. The Morgan fingerprint density at radius 3 is 2.47 bits per heavy atom. The quantitative estimate of drug-likeness (QED) is 0.532. The second-order valence-corrected chi connectivity index (χ2v) is 8.10. The van der Waals surface area contributed by atoms with Gasteiger partial charge in [0, 0.05) is 25.0 Å². The molecule has 0 saturated heterocycles. The first-order valence-electron chi connectivity index (χ1n) is 9.63. The molecule has 2 amide bonds. The van der Waals surface area contributed by atoms with Crippen LogP contribution in [0.5, 0.6) is 11.5 Å². The van der Waals surface area contributed by atoms with Crippen LogP contribution in [0.15, 0.2) is 55.1 Å². The Kier molecular flexibility index (Phi) is 6.25. The fourth-order valence-corrected chi connectivity index (χ4v) is 3.28. The molecular weight excluding hydrogens is 458 g/mol. The minimum Gasteiger partial charge on any atom is -0.454 e. The Morgan fingerprint density at radius 1 is 1.06 bits per heavy atom. The predicted octanol–water partition coefficient (Wildman–Crippen LogP) is 4.29. The van der Waals surface area contributed by atoms with E-state index in [1.165, 1.54) is 36.9 Å². The van der Waals surface area contributed by atoms with E-state index in [4.69, 9.17) is 27.9 Å². The van der Waals surface area contributed by atoms with E-state index in [0.717, 1.165) is 0 Å². The highest BCUT2D eigenvalue weighted by atomic mass is 35.5. The molecule has 0 atom stereocenters. The molecule has 7 nitrogen and oxygen atoms in total. The fraction of sp³-hybridized carbons (Fsp3) is 0.182. The highest BCUT2D eigenvalue weighted by Gasteiger charge is 2.51. The van der Waals surface area contributed by atoms with Gasteiger partial charge in [0.25, 0.3) is 5.91 Å². The zero-order valence-electron chi connectivity index (χ0n) is 16.6. The van der Waals surface area contributed by atoms with Crippen LogP contribution in [0.2, 0.25) is 10.0 Å². The minimum absolute atomic E-state index is 0.00877. The lowest BCUT2D eigenvalue weighted by Gasteiger charge is -2.17. The van der Waals surface area contributed by atoms with Gasteiger partial charge in [-0.25, -0.2) is 14.4 Å². The Hall–Kier alpha value is -3.23. The monoisotopic (exact) mass is 474 g/mol. The molecule has 0 unspecified atom stereocenters. The van der Waals surface area contributed by atoms with Crippen LogP contribution >= 0.6 is 23.2 Å². The zero-order valence-corrected chi connectivity index (χ0v) is 18.1. The van der Waals surface area contributed by atoms with Crippen molar-refractivity contribution < 1.29 is 18.7 Å². The highest BCUT2D eigenvalue weighted by Crippen LogP contribution is 2.36. The van der Waals surface area contributed by atoms with Gasteiger partial charge in [0.1, 0.15) is 17.6 Å². The topological polar surface area (TPSA) is 93.2 Å². The van der Waals surface area contributed by atoms with E-state index in [0.29, 0.717) is 34.2 Å². The summed E-state index contributed by atoms with van der Waals surface area (Å²) in [7, 11) is 0. The minimum atomic E-state index is -0.970. The maximum absolute atomic E-state index is 14.5. The molecule has 2 aromatic carbocycles. The van der Waals surface area contributed by atoms with Gasteiger partial charge in [0.2, 0.25) is 5.91 Å². The summed E-state index contributed by atoms with van der Waals surface area (Å²) < 4.78 is 20.0. The Balaban J connectivity index is 1.35. The van der Waals surface area contributed by atoms with Crippen molar-refractivity contribution >= 4 is 35.0 Å². The van der Waals surface area contributed by atoms with E-state index in [9.17, 15) is 14.0 Å². The lowest BCUT2D eigenvalue weighted by molar-refractivity contribution is -0.124. The van der Waals surface area contributed by atoms with E-state index in [-0.39, 0.29) is 23.8 Å². The van der Waals surface area contributed by atoms with Gasteiger partial charge in [-0.2, -0.15) is 0 Å². The first kappa shape index (κ1) is 22.0. The number of nitrogens with zero attached hydrogens (tertiary/aromatic N) is 2.